The molecule has 0 aliphatic rings. The zero-order chi connectivity index (χ0) is 13.4. The number of imidazole rings is 1. The van der Waals surface area contributed by atoms with Crippen molar-refractivity contribution in [1.29, 1.82) is 0 Å². The third-order valence-electron chi connectivity index (χ3n) is 2.49. The van der Waals surface area contributed by atoms with Crippen molar-refractivity contribution in [3.63, 3.8) is 0 Å². The molecule has 0 aliphatic heterocycles. The molecule has 0 saturated heterocycles. The van der Waals surface area contributed by atoms with E-state index in [1.165, 1.54) is 0 Å². The molecule has 0 saturated carbocycles. The van der Waals surface area contributed by atoms with Gasteiger partial charge in [0.2, 0.25) is 5.82 Å². The highest BCUT2D eigenvalue weighted by atomic mass is 35.5. The Balaban J connectivity index is 2.11. The van der Waals surface area contributed by atoms with Gasteiger partial charge in [-0.15, -0.1) is 0 Å². The lowest BCUT2D eigenvalue weighted by atomic mass is 10.2. The van der Waals surface area contributed by atoms with Crippen LogP contribution >= 0.6 is 23.2 Å². The van der Waals surface area contributed by atoms with E-state index in [0.717, 1.165) is 0 Å². The Hall–Kier alpha value is -2.05. The molecule has 96 valence electrons. The van der Waals surface area contributed by atoms with Crippen LogP contribution in [-0.2, 0) is 0 Å². The summed E-state index contributed by atoms with van der Waals surface area (Å²) in [6, 6.07) is 3.22. The molecule has 0 fully saturated rings. The Morgan fingerprint density at radius 3 is 2.74 bits per heavy atom. The number of halogens is 2. The minimum absolute atomic E-state index is 0.191. The lowest BCUT2D eigenvalue weighted by Crippen LogP contribution is -1.93. The van der Waals surface area contributed by atoms with E-state index in [1.807, 2.05) is 0 Å². The van der Waals surface area contributed by atoms with E-state index >= 15 is 0 Å². The molecule has 8 heteroatoms. The predicted molar refractivity (Wildman–Crippen MR) is 71.7 cm³/mol. The average molecular weight is 296 g/mol. The quantitative estimate of drug-likeness (QED) is 0.709. The van der Waals surface area contributed by atoms with Crippen molar-refractivity contribution in [2.24, 2.45) is 0 Å². The number of aromatic nitrogens is 4. The maximum atomic E-state index is 6.08. The topological polar surface area (TPSA) is 93.6 Å². The van der Waals surface area contributed by atoms with Gasteiger partial charge in [-0.3, -0.25) is 0 Å². The van der Waals surface area contributed by atoms with Crippen molar-refractivity contribution in [2.75, 3.05) is 5.73 Å². The van der Waals surface area contributed by atoms with Gasteiger partial charge >= 0.3 is 0 Å². The van der Waals surface area contributed by atoms with E-state index < -0.39 is 0 Å². The maximum Gasteiger partial charge on any atom is 0.262 e. The zero-order valence-corrected chi connectivity index (χ0v) is 10.9. The third kappa shape index (κ3) is 2.05. The molecule has 3 rings (SSSR count). The van der Waals surface area contributed by atoms with Crippen molar-refractivity contribution in [1.82, 2.24) is 20.1 Å². The Bertz CT molecular complexity index is 723. The van der Waals surface area contributed by atoms with Crippen molar-refractivity contribution in [2.45, 2.75) is 0 Å². The number of aromatic amines is 1. The molecule has 0 aliphatic carbocycles. The molecule has 19 heavy (non-hydrogen) atoms. The van der Waals surface area contributed by atoms with Crippen molar-refractivity contribution in [3.8, 4) is 23.1 Å². The molecule has 2 aromatic heterocycles. The summed E-state index contributed by atoms with van der Waals surface area (Å²) in [4.78, 5) is 11.1. The van der Waals surface area contributed by atoms with Crippen molar-refractivity contribution in [3.05, 3.63) is 34.6 Å². The minimum atomic E-state index is 0.191. The Kier molecular flexibility index (Phi) is 2.88. The highest BCUT2D eigenvalue weighted by Crippen LogP contribution is 2.37. The molecule has 3 aromatic rings. The molecule has 0 spiro atoms. The molecule has 0 amide bonds. The first-order valence-corrected chi connectivity index (χ1v) is 5.99. The van der Waals surface area contributed by atoms with Crippen LogP contribution in [0.2, 0.25) is 10.0 Å². The van der Waals surface area contributed by atoms with E-state index in [1.54, 1.807) is 24.5 Å². The first-order chi connectivity index (χ1) is 9.16. The first-order valence-electron chi connectivity index (χ1n) is 5.24. The van der Waals surface area contributed by atoms with Crippen LogP contribution in [0.25, 0.3) is 23.1 Å². The van der Waals surface area contributed by atoms with Gasteiger partial charge in [-0.2, -0.15) is 4.98 Å². The molecule has 1 aromatic carbocycles. The van der Waals surface area contributed by atoms with Gasteiger partial charge in [0.05, 0.1) is 21.3 Å². The maximum absolute atomic E-state index is 6.08. The highest BCUT2D eigenvalue weighted by molar-refractivity contribution is 6.37. The fourth-order valence-electron chi connectivity index (χ4n) is 1.59. The number of H-pyrrole nitrogens is 1. The molecule has 0 atom stereocenters. The van der Waals surface area contributed by atoms with Crippen LogP contribution in [0.1, 0.15) is 0 Å². The summed E-state index contributed by atoms with van der Waals surface area (Å²) in [5.74, 6) is 0.999. The number of hydrogen-bond acceptors (Lipinski definition) is 5. The molecular weight excluding hydrogens is 289 g/mol. The molecule has 0 unspecified atom stereocenters. The van der Waals surface area contributed by atoms with Gasteiger partial charge in [-0.05, 0) is 12.1 Å². The fourth-order valence-corrected chi connectivity index (χ4v) is 2.00. The van der Waals surface area contributed by atoms with Gasteiger partial charge in [0.1, 0.15) is 0 Å². The van der Waals surface area contributed by atoms with Crippen molar-refractivity contribution < 1.29 is 4.52 Å². The summed E-state index contributed by atoms with van der Waals surface area (Å²) < 4.78 is 5.15. The normalized spacial score (nSPS) is 10.8. The van der Waals surface area contributed by atoms with Gasteiger partial charge in [0, 0.05) is 12.4 Å². The van der Waals surface area contributed by atoms with Gasteiger partial charge in [0.25, 0.3) is 5.89 Å². The third-order valence-corrected chi connectivity index (χ3v) is 3.14. The number of nitrogen functional groups attached to an aromatic ring is 1. The number of nitrogens with one attached hydrogen (secondary N) is 1. The van der Waals surface area contributed by atoms with Crippen LogP contribution in [0.15, 0.2) is 29.0 Å². The molecule has 2 heterocycles. The smallest absolute Gasteiger partial charge is 0.262 e. The standard InChI is InChI=1S/C11H7Cl2N5O/c12-5-1-2-6(13)8(14)7(5)11-17-10(18-19-11)9-15-3-4-16-9/h1-4H,14H2,(H,15,16). The van der Waals surface area contributed by atoms with Crippen LogP contribution in [0.4, 0.5) is 5.69 Å². The van der Waals surface area contributed by atoms with E-state index in [4.69, 9.17) is 33.5 Å². The summed E-state index contributed by atoms with van der Waals surface area (Å²) in [6.45, 7) is 0. The summed E-state index contributed by atoms with van der Waals surface area (Å²) in [5.41, 5.74) is 6.59. The summed E-state index contributed by atoms with van der Waals surface area (Å²) in [5, 5.41) is 4.57. The minimum Gasteiger partial charge on any atom is -0.397 e. The van der Waals surface area contributed by atoms with Crippen molar-refractivity contribution >= 4 is 28.9 Å². The second-order valence-electron chi connectivity index (χ2n) is 3.68. The first kappa shape index (κ1) is 12.0. The zero-order valence-electron chi connectivity index (χ0n) is 9.39. The predicted octanol–water partition coefficient (Wildman–Crippen LogP) is 3.02. The highest BCUT2D eigenvalue weighted by Gasteiger charge is 2.18. The molecule has 0 radical (unpaired) electrons. The second kappa shape index (κ2) is 4.56. The number of nitrogens with zero attached hydrogens (tertiary/aromatic N) is 3. The lowest BCUT2D eigenvalue weighted by Gasteiger charge is -2.04. The summed E-state index contributed by atoms with van der Waals surface area (Å²) in [6.07, 6.45) is 3.25. The number of hydrogen-bond donors (Lipinski definition) is 2. The number of nitrogens with two attached hydrogens (primary N) is 1. The second-order valence-corrected chi connectivity index (χ2v) is 4.49. The van der Waals surface area contributed by atoms with Gasteiger partial charge in [-0.25, -0.2) is 4.98 Å². The van der Waals surface area contributed by atoms with Gasteiger partial charge in [-0.1, -0.05) is 28.4 Å². The van der Waals surface area contributed by atoms with Gasteiger partial charge in [0.15, 0.2) is 5.82 Å². The van der Waals surface area contributed by atoms with Gasteiger partial charge < -0.3 is 15.2 Å². The van der Waals surface area contributed by atoms with E-state index in [9.17, 15) is 0 Å². The summed E-state index contributed by atoms with van der Waals surface area (Å²) >= 11 is 12.0. The molecule has 0 bridgehead atoms. The largest absolute Gasteiger partial charge is 0.397 e. The SMILES string of the molecule is Nc1c(Cl)ccc(Cl)c1-c1nc(-c2ncc[nH]2)no1. The van der Waals surface area contributed by atoms with E-state index in [-0.39, 0.29) is 5.89 Å². The van der Waals surface area contributed by atoms with Crippen LogP contribution in [0, 0.1) is 0 Å². The van der Waals surface area contributed by atoms with Crippen LogP contribution in [-0.4, -0.2) is 20.1 Å². The summed E-state index contributed by atoms with van der Waals surface area (Å²) in [7, 11) is 0. The average Bonchev–Trinajstić information content (AvgIpc) is 3.04. The fraction of sp³-hybridized carbons (Fsp3) is 0. The van der Waals surface area contributed by atoms with Crippen LogP contribution in [0.3, 0.4) is 0 Å². The van der Waals surface area contributed by atoms with Crippen LogP contribution < -0.4 is 5.73 Å². The number of anilines is 1. The number of benzene rings is 1. The molecule has 6 nitrogen and oxygen atoms in total. The molecule has 3 N–H and O–H groups in total. The van der Waals surface area contributed by atoms with E-state index in [0.29, 0.717) is 32.9 Å². The molecular formula is C11H7Cl2N5O. The Morgan fingerprint density at radius 2 is 2.00 bits per heavy atom. The van der Waals surface area contributed by atoms with E-state index in [2.05, 4.69) is 20.1 Å². The Labute approximate surface area is 117 Å². The number of rotatable bonds is 2. The lowest BCUT2D eigenvalue weighted by molar-refractivity contribution is 0.432. The Morgan fingerprint density at radius 1 is 1.21 bits per heavy atom. The monoisotopic (exact) mass is 295 g/mol. The van der Waals surface area contributed by atoms with Crippen LogP contribution in [0.5, 0.6) is 0 Å².